The number of fused-ring (bicyclic) bond motifs is 2. The third-order valence-electron chi connectivity index (χ3n) is 7.81. The van der Waals surface area contributed by atoms with Gasteiger partial charge < -0.3 is 24.1 Å². The SMILES string of the molecule is COc1c([C@@H](O)CC(C)C)ccc2c1C(=O)OCc1cc(C)cc(OC(=O)C(C)(C)C3CCCCC3)c1O2. The van der Waals surface area contributed by atoms with E-state index in [1.165, 1.54) is 13.5 Å². The Morgan fingerprint density at radius 2 is 1.87 bits per heavy atom. The molecule has 0 bridgehead atoms. The van der Waals surface area contributed by atoms with Crippen molar-refractivity contribution in [2.45, 2.75) is 85.9 Å². The molecule has 0 spiro atoms. The lowest BCUT2D eigenvalue weighted by Crippen LogP contribution is -2.37. The van der Waals surface area contributed by atoms with E-state index in [2.05, 4.69) is 0 Å². The summed E-state index contributed by atoms with van der Waals surface area (Å²) in [6, 6.07) is 6.96. The number of aliphatic hydroxyl groups excluding tert-OH is 1. The highest BCUT2D eigenvalue weighted by atomic mass is 16.6. The Hall–Kier alpha value is -3.06. The van der Waals surface area contributed by atoms with Crippen molar-refractivity contribution in [1.29, 1.82) is 0 Å². The number of hydrogen-bond donors (Lipinski definition) is 1. The van der Waals surface area contributed by atoms with Gasteiger partial charge in [0.1, 0.15) is 23.7 Å². The van der Waals surface area contributed by atoms with Gasteiger partial charge in [0.15, 0.2) is 11.5 Å². The molecule has 0 saturated heterocycles. The summed E-state index contributed by atoms with van der Waals surface area (Å²) in [4.78, 5) is 26.6. The smallest absolute Gasteiger partial charge is 0.346 e. The fourth-order valence-electron chi connectivity index (χ4n) is 5.57. The minimum Gasteiger partial charge on any atom is -0.495 e. The van der Waals surface area contributed by atoms with Crippen LogP contribution in [0.3, 0.4) is 0 Å². The molecule has 2 aromatic carbocycles. The fraction of sp³-hybridized carbons (Fsp3) is 0.548. The number of esters is 2. The van der Waals surface area contributed by atoms with E-state index in [-0.39, 0.29) is 41.5 Å². The molecule has 7 heteroatoms. The van der Waals surface area contributed by atoms with E-state index in [9.17, 15) is 14.7 Å². The second-order valence-electron chi connectivity index (χ2n) is 11.6. The Morgan fingerprint density at radius 1 is 1.16 bits per heavy atom. The van der Waals surface area contributed by atoms with Gasteiger partial charge >= 0.3 is 11.9 Å². The van der Waals surface area contributed by atoms with E-state index in [0.29, 0.717) is 29.0 Å². The van der Waals surface area contributed by atoms with E-state index < -0.39 is 17.5 Å². The number of methoxy groups -OCH3 is 1. The van der Waals surface area contributed by atoms with Gasteiger partial charge in [0.05, 0.1) is 18.6 Å². The van der Waals surface area contributed by atoms with Crippen LogP contribution in [0.15, 0.2) is 24.3 Å². The first-order valence-corrected chi connectivity index (χ1v) is 13.6. The minimum atomic E-state index is -0.818. The summed E-state index contributed by atoms with van der Waals surface area (Å²) < 4.78 is 23.6. The first kappa shape index (κ1) is 28.0. The highest BCUT2D eigenvalue weighted by molar-refractivity contribution is 5.97. The zero-order chi connectivity index (χ0) is 27.6. The summed E-state index contributed by atoms with van der Waals surface area (Å²) >= 11 is 0. The van der Waals surface area contributed by atoms with Crippen LogP contribution >= 0.6 is 0 Å². The highest BCUT2D eigenvalue weighted by Gasteiger charge is 2.40. The average Bonchev–Trinajstić information content (AvgIpc) is 2.87. The largest absolute Gasteiger partial charge is 0.495 e. The minimum absolute atomic E-state index is 0.0617. The zero-order valence-corrected chi connectivity index (χ0v) is 23.4. The number of aryl methyl sites for hydroxylation is 1. The first-order chi connectivity index (χ1) is 18.0. The standard InChI is InChI=1S/C31H40O7/c1-18(2)14-23(32)22-12-13-24-26(28(22)35-6)29(33)36-17-20-15-19(3)16-25(27(20)37-24)38-30(34)31(4,5)21-10-8-7-9-11-21/h12-13,15-16,18,21,23,32H,7-11,14,17H2,1-6H3/t23-/m0/s1. The zero-order valence-electron chi connectivity index (χ0n) is 23.4. The van der Waals surface area contributed by atoms with Crippen LogP contribution in [0.2, 0.25) is 0 Å². The lowest BCUT2D eigenvalue weighted by atomic mass is 9.71. The lowest BCUT2D eigenvalue weighted by Gasteiger charge is -2.35. The third-order valence-corrected chi connectivity index (χ3v) is 7.81. The number of carbonyl (C=O) groups is 2. The summed E-state index contributed by atoms with van der Waals surface area (Å²) in [6.45, 7) is 9.77. The van der Waals surface area contributed by atoms with E-state index >= 15 is 0 Å². The van der Waals surface area contributed by atoms with Crippen LogP contribution in [0, 0.1) is 24.2 Å². The molecule has 7 nitrogen and oxygen atoms in total. The molecular weight excluding hydrogens is 484 g/mol. The summed E-state index contributed by atoms with van der Waals surface area (Å²) in [5, 5.41) is 10.8. The second kappa shape index (κ2) is 11.4. The Bertz CT molecular complexity index is 1190. The third kappa shape index (κ3) is 5.68. The molecule has 2 aliphatic rings. The average molecular weight is 525 g/mol. The number of rotatable bonds is 7. The molecule has 0 amide bonds. The van der Waals surface area contributed by atoms with Crippen molar-refractivity contribution in [3.8, 4) is 23.0 Å². The van der Waals surface area contributed by atoms with E-state index in [1.807, 2.05) is 40.7 Å². The van der Waals surface area contributed by atoms with Crippen molar-refractivity contribution in [2.24, 2.45) is 17.3 Å². The predicted octanol–water partition coefficient (Wildman–Crippen LogP) is 7.06. The quantitative estimate of drug-likeness (QED) is 0.306. The number of ether oxygens (including phenoxy) is 4. The molecular formula is C31H40O7. The molecule has 1 aliphatic heterocycles. The first-order valence-electron chi connectivity index (χ1n) is 13.6. The molecule has 0 radical (unpaired) electrons. The molecule has 4 rings (SSSR count). The molecule has 0 aromatic heterocycles. The van der Waals surface area contributed by atoms with Crippen LogP contribution in [0.1, 0.15) is 99.4 Å². The molecule has 0 unspecified atom stereocenters. The van der Waals surface area contributed by atoms with Gasteiger partial charge in [0, 0.05) is 11.1 Å². The van der Waals surface area contributed by atoms with Crippen LogP contribution in [0.5, 0.6) is 23.0 Å². The van der Waals surface area contributed by atoms with Gasteiger partial charge in [-0.3, -0.25) is 4.79 Å². The summed E-state index contributed by atoms with van der Waals surface area (Å²) in [5.41, 5.74) is 1.40. The lowest BCUT2D eigenvalue weighted by molar-refractivity contribution is -0.148. The van der Waals surface area contributed by atoms with Gasteiger partial charge in [-0.2, -0.15) is 0 Å². The van der Waals surface area contributed by atoms with Crippen molar-refractivity contribution in [3.63, 3.8) is 0 Å². The Morgan fingerprint density at radius 3 is 2.53 bits per heavy atom. The maximum Gasteiger partial charge on any atom is 0.346 e. The van der Waals surface area contributed by atoms with Crippen molar-refractivity contribution < 1.29 is 33.6 Å². The van der Waals surface area contributed by atoms with E-state index in [1.54, 1.807) is 18.2 Å². The van der Waals surface area contributed by atoms with Crippen molar-refractivity contribution >= 4 is 11.9 Å². The van der Waals surface area contributed by atoms with Gasteiger partial charge in [-0.1, -0.05) is 33.1 Å². The monoisotopic (exact) mass is 524 g/mol. The van der Waals surface area contributed by atoms with Crippen molar-refractivity contribution in [1.82, 2.24) is 0 Å². The Balaban J connectivity index is 1.73. The highest BCUT2D eigenvalue weighted by Crippen LogP contribution is 2.46. The van der Waals surface area contributed by atoms with Crippen LogP contribution < -0.4 is 14.2 Å². The summed E-state index contributed by atoms with van der Waals surface area (Å²) in [5.74, 6) is 0.636. The Kier molecular flexibility index (Phi) is 8.36. The molecule has 1 N–H and O–H groups in total. The van der Waals surface area contributed by atoms with Gasteiger partial charge in [-0.15, -0.1) is 0 Å². The molecule has 1 fully saturated rings. The second-order valence-corrected chi connectivity index (χ2v) is 11.6. The molecule has 2 aromatic rings. The maximum absolute atomic E-state index is 13.5. The van der Waals surface area contributed by atoms with Gasteiger partial charge in [0.2, 0.25) is 0 Å². The number of carbonyl (C=O) groups excluding carboxylic acids is 2. The van der Waals surface area contributed by atoms with Crippen molar-refractivity contribution in [3.05, 3.63) is 46.5 Å². The molecule has 38 heavy (non-hydrogen) atoms. The van der Waals surface area contributed by atoms with Crippen molar-refractivity contribution in [2.75, 3.05) is 7.11 Å². The summed E-state index contributed by atoms with van der Waals surface area (Å²) in [6.07, 6.45) is 5.17. The van der Waals surface area contributed by atoms with Crippen LogP contribution in [0.4, 0.5) is 0 Å². The number of aliphatic hydroxyl groups is 1. The topological polar surface area (TPSA) is 91.3 Å². The normalized spacial score (nSPS) is 16.9. The number of benzene rings is 2. The van der Waals surface area contributed by atoms with Crippen LogP contribution in [-0.4, -0.2) is 24.2 Å². The fourth-order valence-corrected chi connectivity index (χ4v) is 5.57. The Labute approximate surface area is 225 Å². The molecule has 206 valence electrons. The molecule has 1 saturated carbocycles. The molecule has 1 aliphatic carbocycles. The van der Waals surface area contributed by atoms with Gasteiger partial charge in [-0.05, 0) is 81.7 Å². The molecule has 1 heterocycles. The van der Waals surface area contributed by atoms with E-state index in [0.717, 1.165) is 31.2 Å². The van der Waals surface area contributed by atoms with E-state index in [4.69, 9.17) is 18.9 Å². The van der Waals surface area contributed by atoms with Crippen LogP contribution in [0.25, 0.3) is 0 Å². The van der Waals surface area contributed by atoms with Gasteiger partial charge in [-0.25, -0.2) is 4.79 Å². The number of hydrogen-bond acceptors (Lipinski definition) is 7. The van der Waals surface area contributed by atoms with Gasteiger partial charge in [0.25, 0.3) is 0 Å². The number of cyclic esters (lactones) is 1. The van der Waals surface area contributed by atoms with Crippen LogP contribution in [-0.2, 0) is 16.1 Å². The summed E-state index contributed by atoms with van der Waals surface area (Å²) in [7, 11) is 1.45. The predicted molar refractivity (Wildman–Crippen MR) is 144 cm³/mol. The maximum atomic E-state index is 13.5. The molecule has 1 atom stereocenters.